The van der Waals surface area contributed by atoms with Crippen LogP contribution < -0.4 is 29.4 Å². The van der Waals surface area contributed by atoms with Gasteiger partial charge in [-0.1, -0.05) is 32.0 Å². The molecule has 4 rings (SSSR count). The Bertz CT molecular complexity index is 1370. The van der Waals surface area contributed by atoms with E-state index in [2.05, 4.69) is 19.9 Å². The molecule has 0 aliphatic carbocycles. The number of benzene rings is 3. The minimum Gasteiger partial charge on any atom is -0.493 e. The Morgan fingerprint density at radius 1 is 1.03 bits per heavy atom. The summed E-state index contributed by atoms with van der Waals surface area (Å²) in [5, 5.41) is 9.87. The van der Waals surface area contributed by atoms with Gasteiger partial charge in [0.25, 0.3) is 0 Å². The third-order valence-corrected chi connectivity index (χ3v) is 5.82. The monoisotopic (exact) mass is 500 g/mol. The van der Waals surface area contributed by atoms with Gasteiger partial charge >= 0.3 is 5.97 Å². The highest BCUT2D eigenvalue weighted by atomic mass is 16.5. The molecular weight excluding hydrogens is 472 g/mol. The quantitative estimate of drug-likeness (QED) is 0.333. The minimum absolute atomic E-state index is 0.0367. The van der Waals surface area contributed by atoms with E-state index in [4.69, 9.17) is 29.4 Å². The van der Waals surface area contributed by atoms with Crippen molar-refractivity contribution in [1.29, 1.82) is 5.26 Å². The van der Waals surface area contributed by atoms with Crippen molar-refractivity contribution in [2.45, 2.75) is 19.8 Å². The van der Waals surface area contributed by atoms with Gasteiger partial charge in [-0.3, -0.25) is 0 Å². The average Bonchev–Trinajstić information content (AvgIpc) is 2.90. The number of ether oxygens (including phenoxy) is 5. The topological polar surface area (TPSA) is 113 Å². The van der Waals surface area contributed by atoms with Gasteiger partial charge in [-0.25, -0.2) is 4.79 Å². The number of nitriles is 1. The zero-order chi connectivity index (χ0) is 26.5. The van der Waals surface area contributed by atoms with E-state index in [0.29, 0.717) is 52.2 Å². The van der Waals surface area contributed by atoms with Crippen LogP contribution in [0.5, 0.6) is 28.7 Å². The fourth-order valence-electron chi connectivity index (χ4n) is 4.07. The van der Waals surface area contributed by atoms with Gasteiger partial charge < -0.3 is 29.4 Å². The Balaban J connectivity index is 1.62. The fraction of sp³-hybridized carbons (Fsp3) is 0.241. The Labute approximate surface area is 215 Å². The maximum absolute atomic E-state index is 12.8. The van der Waals surface area contributed by atoms with Crippen molar-refractivity contribution in [3.8, 4) is 34.8 Å². The van der Waals surface area contributed by atoms with Crippen LogP contribution in [-0.4, -0.2) is 26.8 Å². The van der Waals surface area contributed by atoms with E-state index in [9.17, 15) is 10.1 Å². The van der Waals surface area contributed by atoms with Gasteiger partial charge in [0.15, 0.2) is 11.5 Å². The maximum Gasteiger partial charge on any atom is 0.343 e. The molecule has 2 N–H and O–H groups in total. The second kappa shape index (κ2) is 11.0. The summed E-state index contributed by atoms with van der Waals surface area (Å²) >= 11 is 0. The summed E-state index contributed by atoms with van der Waals surface area (Å²) in [7, 11) is 3.08. The molecule has 0 spiro atoms. The first kappa shape index (κ1) is 25.5. The predicted octanol–water partition coefficient (Wildman–Crippen LogP) is 5.18. The van der Waals surface area contributed by atoms with Gasteiger partial charge in [-0.15, -0.1) is 0 Å². The highest BCUT2D eigenvalue weighted by Gasteiger charge is 2.33. The molecule has 1 heterocycles. The van der Waals surface area contributed by atoms with Crippen molar-refractivity contribution < 1.29 is 28.5 Å². The number of esters is 1. The van der Waals surface area contributed by atoms with Crippen LogP contribution in [0.25, 0.3) is 0 Å². The first-order chi connectivity index (χ1) is 17.9. The fourth-order valence-corrected chi connectivity index (χ4v) is 4.07. The van der Waals surface area contributed by atoms with Crippen molar-refractivity contribution in [2.24, 2.45) is 11.7 Å². The lowest BCUT2D eigenvalue weighted by Crippen LogP contribution is -2.21. The summed E-state index contributed by atoms with van der Waals surface area (Å²) in [4.78, 5) is 12.8. The molecule has 190 valence electrons. The number of rotatable bonds is 8. The number of carbonyl (C=O) groups is 1. The summed E-state index contributed by atoms with van der Waals surface area (Å²) < 4.78 is 28.1. The third kappa shape index (κ3) is 5.31. The van der Waals surface area contributed by atoms with E-state index in [0.717, 1.165) is 0 Å². The molecule has 1 unspecified atom stereocenters. The number of nitrogens with two attached hydrogens (primary N) is 1. The zero-order valence-corrected chi connectivity index (χ0v) is 21.1. The molecular formula is C29H28N2O6. The molecule has 1 aliphatic rings. The van der Waals surface area contributed by atoms with Gasteiger partial charge in [0.1, 0.15) is 28.9 Å². The van der Waals surface area contributed by atoms with Crippen LogP contribution in [0.15, 0.2) is 72.1 Å². The largest absolute Gasteiger partial charge is 0.493 e. The molecule has 0 saturated heterocycles. The van der Waals surface area contributed by atoms with Crippen LogP contribution in [0, 0.1) is 17.2 Å². The van der Waals surface area contributed by atoms with Gasteiger partial charge in [-0.2, -0.15) is 5.26 Å². The summed E-state index contributed by atoms with van der Waals surface area (Å²) in [5.74, 6) is 1.60. The molecule has 1 aliphatic heterocycles. The lowest BCUT2D eigenvalue weighted by Gasteiger charge is -2.28. The number of hydrogen-bond acceptors (Lipinski definition) is 8. The predicted molar refractivity (Wildman–Crippen MR) is 137 cm³/mol. The molecule has 0 aromatic heterocycles. The van der Waals surface area contributed by atoms with Gasteiger partial charge in [0.2, 0.25) is 5.88 Å². The number of hydrogen-bond donors (Lipinski definition) is 1. The minimum atomic E-state index is -0.568. The highest BCUT2D eigenvalue weighted by molar-refractivity contribution is 5.91. The van der Waals surface area contributed by atoms with E-state index in [1.165, 1.54) is 7.11 Å². The number of nitrogens with zero attached hydrogens (tertiary/aromatic N) is 1. The maximum atomic E-state index is 12.8. The number of allylic oxidation sites excluding steroid dienone is 1. The summed E-state index contributed by atoms with van der Waals surface area (Å²) in [6.45, 7) is 4.72. The van der Waals surface area contributed by atoms with Crippen molar-refractivity contribution in [2.75, 3.05) is 20.8 Å². The zero-order valence-electron chi connectivity index (χ0n) is 21.1. The number of para-hydroxylation sites is 1. The van der Waals surface area contributed by atoms with E-state index >= 15 is 0 Å². The van der Waals surface area contributed by atoms with E-state index in [1.54, 1.807) is 55.6 Å². The van der Waals surface area contributed by atoms with Crippen molar-refractivity contribution in [3.63, 3.8) is 0 Å². The Morgan fingerprint density at radius 3 is 2.41 bits per heavy atom. The van der Waals surface area contributed by atoms with E-state index in [-0.39, 0.29) is 17.2 Å². The van der Waals surface area contributed by atoms with E-state index in [1.807, 2.05) is 12.1 Å². The molecule has 3 aromatic carbocycles. The molecule has 8 heteroatoms. The van der Waals surface area contributed by atoms with Crippen LogP contribution in [-0.2, 0) is 0 Å². The van der Waals surface area contributed by atoms with Gasteiger partial charge in [0, 0.05) is 17.2 Å². The molecule has 8 nitrogen and oxygen atoms in total. The first-order valence-electron chi connectivity index (χ1n) is 11.7. The third-order valence-electron chi connectivity index (χ3n) is 5.82. The molecule has 0 bridgehead atoms. The summed E-state index contributed by atoms with van der Waals surface area (Å²) in [6.07, 6.45) is 0. The molecule has 0 fully saturated rings. The molecule has 1 atom stereocenters. The molecule has 0 amide bonds. The summed E-state index contributed by atoms with van der Waals surface area (Å²) in [6, 6.07) is 19.3. The molecule has 3 aromatic rings. The Kier molecular flexibility index (Phi) is 7.54. The second-order valence-electron chi connectivity index (χ2n) is 8.83. The van der Waals surface area contributed by atoms with Crippen LogP contribution in [0.2, 0.25) is 0 Å². The number of fused-ring (bicyclic) bond motifs is 1. The SMILES string of the molecule is COc1cccc(C2C(C#N)=C(N)Oc3cc(OC(=O)c4ccc(OCC(C)C)cc4)ccc32)c1OC. The van der Waals surface area contributed by atoms with E-state index < -0.39 is 11.9 Å². The summed E-state index contributed by atoms with van der Waals surface area (Å²) in [5.41, 5.74) is 8.11. The average molecular weight is 501 g/mol. The molecule has 37 heavy (non-hydrogen) atoms. The molecule has 0 saturated carbocycles. The van der Waals surface area contributed by atoms with Crippen LogP contribution in [0.1, 0.15) is 41.3 Å². The first-order valence-corrected chi connectivity index (χ1v) is 11.7. The van der Waals surface area contributed by atoms with Crippen molar-refractivity contribution in [1.82, 2.24) is 0 Å². The standard InChI is InChI=1S/C29H28N2O6/c1-17(2)16-35-19-10-8-18(9-11-19)29(32)36-20-12-13-21-25(14-20)37-28(31)23(15-30)26(21)22-6-5-7-24(33-3)27(22)34-4/h5-14,17,26H,16,31H2,1-4H3. The van der Waals surface area contributed by atoms with Gasteiger partial charge in [0.05, 0.1) is 32.3 Å². The number of carbonyl (C=O) groups excluding carboxylic acids is 1. The highest BCUT2D eigenvalue weighted by Crippen LogP contribution is 2.47. The smallest absolute Gasteiger partial charge is 0.343 e. The lowest BCUT2D eigenvalue weighted by atomic mass is 9.83. The molecule has 0 radical (unpaired) electrons. The van der Waals surface area contributed by atoms with Crippen LogP contribution >= 0.6 is 0 Å². The van der Waals surface area contributed by atoms with Crippen molar-refractivity contribution >= 4 is 5.97 Å². The number of methoxy groups -OCH3 is 2. The van der Waals surface area contributed by atoms with Gasteiger partial charge in [-0.05, 0) is 42.3 Å². The van der Waals surface area contributed by atoms with Crippen LogP contribution in [0.3, 0.4) is 0 Å². The normalized spacial score (nSPS) is 14.3. The lowest BCUT2D eigenvalue weighted by molar-refractivity contribution is 0.0734. The second-order valence-corrected chi connectivity index (χ2v) is 8.83. The van der Waals surface area contributed by atoms with Crippen LogP contribution in [0.4, 0.5) is 0 Å². The van der Waals surface area contributed by atoms with Crippen molar-refractivity contribution in [3.05, 3.63) is 88.8 Å². The Hall–Kier alpha value is -4.64. The Morgan fingerprint density at radius 2 is 1.76 bits per heavy atom.